The monoisotopic (exact) mass is 314 g/mol. The molecule has 7 heteroatoms. The van der Waals surface area contributed by atoms with E-state index in [0.29, 0.717) is 11.3 Å². The fraction of sp³-hybridized carbons (Fsp3) is 0.400. The molecule has 0 bridgehead atoms. The second-order valence-electron chi connectivity index (χ2n) is 5.39. The quantitative estimate of drug-likeness (QED) is 0.873. The Labute approximate surface area is 126 Å². The molecule has 120 valence electrons. The topological polar surface area (TPSA) is 55.6 Å². The Bertz CT molecular complexity index is 613. The van der Waals surface area contributed by atoms with Gasteiger partial charge < -0.3 is 15.4 Å². The summed E-state index contributed by atoms with van der Waals surface area (Å²) in [6, 6.07) is 1.81. The molecule has 0 saturated heterocycles. The lowest BCUT2D eigenvalue weighted by Crippen LogP contribution is -2.45. The van der Waals surface area contributed by atoms with Crippen LogP contribution in [0.4, 0.5) is 18.9 Å². The Kier molecular flexibility index (Phi) is 4.19. The highest BCUT2D eigenvalue weighted by atomic mass is 19.4. The highest BCUT2D eigenvalue weighted by Gasteiger charge is 2.39. The van der Waals surface area contributed by atoms with E-state index in [1.807, 2.05) is 0 Å². The van der Waals surface area contributed by atoms with Crippen molar-refractivity contribution in [2.45, 2.75) is 32.2 Å². The zero-order valence-electron chi connectivity index (χ0n) is 12.3. The van der Waals surface area contributed by atoms with Crippen LogP contribution in [0, 0.1) is 0 Å². The summed E-state index contributed by atoms with van der Waals surface area (Å²) in [6.07, 6.45) is -5.26. The SMILES string of the molecule is C=C(C)CN1C(=O)C(C)Oc2ccc(C(N)C(F)(F)F)cc21. The summed E-state index contributed by atoms with van der Waals surface area (Å²) in [6.45, 7) is 7.28. The Morgan fingerprint density at radius 1 is 1.50 bits per heavy atom. The lowest BCUT2D eigenvalue weighted by atomic mass is 10.0. The summed E-state index contributed by atoms with van der Waals surface area (Å²) in [7, 11) is 0. The van der Waals surface area contributed by atoms with Crippen LogP contribution in [0.15, 0.2) is 30.4 Å². The van der Waals surface area contributed by atoms with E-state index in [9.17, 15) is 18.0 Å². The van der Waals surface area contributed by atoms with Crippen LogP contribution < -0.4 is 15.4 Å². The van der Waals surface area contributed by atoms with Gasteiger partial charge in [-0.25, -0.2) is 0 Å². The molecule has 2 rings (SSSR count). The Morgan fingerprint density at radius 3 is 2.68 bits per heavy atom. The molecular weight excluding hydrogens is 297 g/mol. The van der Waals surface area contributed by atoms with Gasteiger partial charge in [-0.3, -0.25) is 4.79 Å². The number of benzene rings is 1. The molecule has 1 aromatic rings. The molecule has 2 unspecified atom stereocenters. The molecule has 0 saturated carbocycles. The third-order valence-corrected chi connectivity index (χ3v) is 3.33. The van der Waals surface area contributed by atoms with E-state index >= 15 is 0 Å². The first kappa shape index (κ1) is 16.4. The van der Waals surface area contributed by atoms with E-state index in [4.69, 9.17) is 10.5 Å². The lowest BCUT2D eigenvalue weighted by Gasteiger charge is -2.34. The number of alkyl halides is 3. The number of halogens is 3. The first-order chi connectivity index (χ1) is 10.1. The number of hydrogen-bond acceptors (Lipinski definition) is 3. The number of ether oxygens (including phenoxy) is 1. The van der Waals surface area contributed by atoms with Crippen molar-refractivity contribution >= 4 is 11.6 Å². The van der Waals surface area contributed by atoms with Crippen molar-refractivity contribution in [3.8, 4) is 5.75 Å². The smallest absolute Gasteiger partial charge is 0.407 e. The third-order valence-electron chi connectivity index (χ3n) is 3.33. The molecule has 0 fully saturated rings. The molecule has 0 radical (unpaired) electrons. The summed E-state index contributed by atoms with van der Waals surface area (Å²) in [4.78, 5) is 13.6. The van der Waals surface area contributed by atoms with Crippen molar-refractivity contribution in [3.05, 3.63) is 35.9 Å². The summed E-state index contributed by atoms with van der Waals surface area (Å²) < 4.78 is 43.7. The van der Waals surface area contributed by atoms with Gasteiger partial charge >= 0.3 is 6.18 Å². The second kappa shape index (κ2) is 5.64. The number of carbonyl (C=O) groups is 1. The number of amides is 1. The highest BCUT2D eigenvalue weighted by Crippen LogP contribution is 2.39. The van der Waals surface area contributed by atoms with Gasteiger partial charge in [-0.1, -0.05) is 18.2 Å². The molecular formula is C15H17F3N2O2. The van der Waals surface area contributed by atoms with Gasteiger partial charge in [0.05, 0.1) is 5.69 Å². The van der Waals surface area contributed by atoms with E-state index in [1.165, 1.54) is 23.1 Å². The Hall–Kier alpha value is -2.02. The van der Waals surface area contributed by atoms with Crippen LogP contribution in [0.1, 0.15) is 25.5 Å². The second-order valence-corrected chi connectivity index (χ2v) is 5.39. The van der Waals surface area contributed by atoms with Gasteiger partial charge in [-0.2, -0.15) is 13.2 Å². The van der Waals surface area contributed by atoms with Crippen molar-refractivity contribution in [3.63, 3.8) is 0 Å². The molecule has 0 spiro atoms. The van der Waals surface area contributed by atoms with Crippen LogP contribution in [-0.4, -0.2) is 24.7 Å². The zero-order chi connectivity index (χ0) is 16.7. The van der Waals surface area contributed by atoms with Gasteiger partial charge in [0.2, 0.25) is 0 Å². The van der Waals surface area contributed by atoms with Gasteiger partial charge in [0.15, 0.2) is 6.10 Å². The van der Waals surface area contributed by atoms with Crippen LogP contribution in [0.2, 0.25) is 0 Å². The highest BCUT2D eigenvalue weighted by molar-refractivity contribution is 6.00. The summed E-state index contributed by atoms with van der Waals surface area (Å²) >= 11 is 0. The zero-order valence-corrected chi connectivity index (χ0v) is 12.3. The number of nitrogens with zero attached hydrogens (tertiary/aromatic N) is 1. The normalized spacial score (nSPS) is 19.5. The Morgan fingerprint density at radius 2 is 2.14 bits per heavy atom. The average Bonchev–Trinajstić information content (AvgIpc) is 2.41. The fourth-order valence-corrected chi connectivity index (χ4v) is 2.24. The van der Waals surface area contributed by atoms with Gasteiger partial charge in [0.1, 0.15) is 11.8 Å². The van der Waals surface area contributed by atoms with Gasteiger partial charge in [-0.15, -0.1) is 0 Å². The minimum absolute atomic E-state index is 0.121. The van der Waals surface area contributed by atoms with Gasteiger partial charge in [0, 0.05) is 6.54 Å². The largest absolute Gasteiger partial charge is 0.479 e. The standard InChI is InChI=1S/C15H17F3N2O2/c1-8(2)7-20-11-6-10(13(19)15(16,17)18)4-5-12(11)22-9(3)14(20)21/h4-6,9,13H,1,7,19H2,2-3H3. The number of fused-ring (bicyclic) bond motifs is 1. The van der Waals surface area contributed by atoms with Crippen LogP contribution in [0.25, 0.3) is 0 Å². The number of anilines is 1. The maximum atomic E-state index is 12.8. The third kappa shape index (κ3) is 3.09. The van der Waals surface area contributed by atoms with Crippen LogP contribution >= 0.6 is 0 Å². The summed E-state index contributed by atoms with van der Waals surface area (Å²) in [5.74, 6) is 0.0275. The summed E-state index contributed by atoms with van der Waals surface area (Å²) in [5, 5.41) is 0. The number of nitrogens with two attached hydrogens (primary N) is 1. The molecule has 2 atom stereocenters. The van der Waals surface area contributed by atoms with Crippen LogP contribution in [0.5, 0.6) is 5.75 Å². The van der Waals surface area contributed by atoms with Crippen molar-refractivity contribution in [2.75, 3.05) is 11.4 Å². The van der Waals surface area contributed by atoms with E-state index < -0.39 is 18.3 Å². The maximum Gasteiger partial charge on any atom is 0.407 e. The van der Waals surface area contributed by atoms with Gasteiger partial charge in [-0.05, 0) is 31.5 Å². The molecule has 1 aliphatic rings. The first-order valence-corrected chi connectivity index (χ1v) is 6.70. The average molecular weight is 314 g/mol. The molecule has 0 aromatic heterocycles. The number of carbonyl (C=O) groups excluding carboxylic acids is 1. The molecule has 1 heterocycles. The number of rotatable bonds is 3. The maximum absolute atomic E-state index is 12.8. The molecule has 0 aliphatic carbocycles. The molecule has 1 aliphatic heterocycles. The molecule has 22 heavy (non-hydrogen) atoms. The molecule has 1 aromatic carbocycles. The van der Waals surface area contributed by atoms with Gasteiger partial charge in [0.25, 0.3) is 5.91 Å². The van der Waals surface area contributed by atoms with Crippen LogP contribution in [0.3, 0.4) is 0 Å². The van der Waals surface area contributed by atoms with Crippen molar-refractivity contribution < 1.29 is 22.7 Å². The van der Waals surface area contributed by atoms with Crippen LogP contribution in [-0.2, 0) is 4.79 Å². The van der Waals surface area contributed by atoms with E-state index in [2.05, 4.69) is 6.58 Å². The van der Waals surface area contributed by atoms with E-state index in [-0.39, 0.29) is 23.7 Å². The van der Waals surface area contributed by atoms with Crippen molar-refractivity contribution in [1.82, 2.24) is 0 Å². The minimum Gasteiger partial charge on any atom is -0.479 e. The van der Waals surface area contributed by atoms with E-state index in [1.54, 1.807) is 13.8 Å². The van der Waals surface area contributed by atoms with Crippen molar-refractivity contribution in [2.24, 2.45) is 5.73 Å². The minimum atomic E-state index is -4.56. The van der Waals surface area contributed by atoms with Crippen molar-refractivity contribution in [1.29, 1.82) is 0 Å². The lowest BCUT2D eigenvalue weighted by molar-refractivity contribution is -0.149. The Balaban J connectivity index is 2.47. The fourth-order valence-electron chi connectivity index (χ4n) is 2.24. The molecule has 4 nitrogen and oxygen atoms in total. The molecule has 1 amide bonds. The number of hydrogen-bond donors (Lipinski definition) is 1. The predicted octanol–water partition coefficient (Wildman–Crippen LogP) is 2.94. The predicted molar refractivity (Wildman–Crippen MR) is 76.7 cm³/mol. The summed E-state index contributed by atoms with van der Waals surface area (Å²) in [5.41, 5.74) is 6.09. The first-order valence-electron chi connectivity index (χ1n) is 6.70. The van der Waals surface area contributed by atoms with E-state index in [0.717, 1.165) is 0 Å². The molecule has 2 N–H and O–H groups in total.